The molecule has 0 atom stereocenters. The van der Waals surface area contributed by atoms with Gasteiger partial charge < -0.3 is 9.80 Å². The summed E-state index contributed by atoms with van der Waals surface area (Å²) in [7, 11) is 0. The maximum Gasteiger partial charge on any atom is 0.226 e. The molecule has 3 rings (SSSR count). The molecule has 0 bridgehead atoms. The van der Waals surface area contributed by atoms with Crippen LogP contribution in [-0.4, -0.2) is 47.0 Å². The Morgan fingerprint density at radius 1 is 1.07 bits per heavy atom. The lowest BCUT2D eigenvalue weighted by Gasteiger charge is -2.35. The van der Waals surface area contributed by atoms with E-state index in [-0.39, 0.29) is 5.91 Å². The summed E-state index contributed by atoms with van der Waals surface area (Å²) >= 11 is 0. The number of anilines is 1. The third kappa shape index (κ3) is 4.86. The van der Waals surface area contributed by atoms with Crippen molar-refractivity contribution in [2.24, 2.45) is 0 Å². The van der Waals surface area contributed by atoms with Crippen molar-refractivity contribution in [3.05, 3.63) is 52.3 Å². The highest BCUT2D eigenvalue weighted by Crippen LogP contribution is 2.15. The lowest BCUT2D eigenvalue weighted by Crippen LogP contribution is -2.49. The van der Waals surface area contributed by atoms with Gasteiger partial charge in [-0.25, -0.2) is 9.97 Å². The average molecular weight is 377 g/mol. The molecule has 1 fully saturated rings. The molecule has 1 aromatic carbocycles. The molecular weight excluding hydrogens is 350 g/mol. The molecule has 28 heavy (non-hydrogen) atoms. The van der Waals surface area contributed by atoms with Gasteiger partial charge in [0.25, 0.3) is 0 Å². The van der Waals surface area contributed by atoms with Gasteiger partial charge in [-0.1, -0.05) is 18.2 Å². The summed E-state index contributed by atoms with van der Waals surface area (Å²) in [5, 5.41) is 9.08. The fourth-order valence-electron chi connectivity index (χ4n) is 3.47. The van der Waals surface area contributed by atoms with E-state index in [4.69, 9.17) is 5.26 Å². The molecule has 0 N–H and O–H groups in total. The van der Waals surface area contributed by atoms with Crippen molar-refractivity contribution in [3.63, 3.8) is 0 Å². The largest absolute Gasteiger partial charge is 0.339 e. The van der Waals surface area contributed by atoms with E-state index in [9.17, 15) is 4.79 Å². The number of nitriles is 1. The Morgan fingerprint density at radius 3 is 2.50 bits per heavy atom. The average Bonchev–Trinajstić information content (AvgIpc) is 2.70. The van der Waals surface area contributed by atoms with Gasteiger partial charge in [0.05, 0.1) is 0 Å². The van der Waals surface area contributed by atoms with Crippen molar-refractivity contribution < 1.29 is 4.79 Å². The van der Waals surface area contributed by atoms with Gasteiger partial charge in [0.1, 0.15) is 11.8 Å². The first kappa shape index (κ1) is 19.8. The van der Waals surface area contributed by atoms with E-state index in [0.29, 0.717) is 44.2 Å². The van der Waals surface area contributed by atoms with Crippen LogP contribution in [-0.2, 0) is 11.2 Å². The number of carbonyl (C=O) groups excluding carboxylic acids is 1. The monoisotopic (exact) mass is 377 g/mol. The van der Waals surface area contributed by atoms with E-state index in [1.54, 1.807) is 6.07 Å². The SMILES string of the molecule is Cc1cc(C#N)nc(N2CCN(C(=O)CCCc3ccc(C)c(C)c3)CC2)n1. The Labute approximate surface area is 166 Å². The van der Waals surface area contributed by atoms with Crippen LogP contribution in [0, 0.1) is 32.1 Å². The fourth-order valence-corrected chi connectivity index (χ4v) is 3.47. The summed E-state index contributed by atoms with van der Waals surface area (Å²) < 4.78 is 0. The molecule has 0 spiro atoms. The second-order valence-corrected chi connectivity index (χ2v) is 7.45. The topological polar surface area (TPSA) is 73.1 Å². The molecule has 0 unspecified atom stereocenters. The summed E-state index contributed by atoms with van der Waals surface area (Å²) in [6.07, 6.45) is 2.38. The molecular formula is C22H27N5O. The van der Waals surface area contributed by atoms with E-state index in [1.807, 2.05) is 16.7 Å². The first-order valence-electron chi connectivity index (χ1n) is 9.81. The lowest BCUT2D eigenvalue weighted by atomic mass is 10.0. The number of piperazine rings is 1. The van der Waals surface area contributed by atoms with Gasteiger partial charge in [-0.2, -0.15) is 5.26 Å². The van der Waals surface area contributed by atoms with Crippen LogP contribution in [0.5, 0.6) is 0 Å². The molecule has 6 heteroatoms. The van der Waals surface area contributed by atoms with Crippen LogP contribution >= 0.6 is 0 Å². The van der Waals surface area contributed by atoms with Gasteiger partial charge in [-0.15, -0.1) is 0 Å². The van der Waals surface area contributed by atoms with Crippen molar-refractivity contribution in [2.45, 2.75) is 40.0 Å². The summed E-state index contributed by atoms with van der Waals surface area (Å²) in [6.45, 7) is 8.82. The molecule has 0 aliphatic carbocycles. The summed E-state index contributed by atoms with van der Waals surface area (Å²) in [5.41, 5.74) is 5.07. The van der Waals surface area contributed by atoms with Crippen LogP contribution in [0.25, 0.3) is 0 Å². The zero-order chi connectivity index (χ0) is 20.1. The van der Waals surface area contributed by atoms with E-state index in [2.05, 4.69) is 48.1 Å². The number of carbonyl (C=O) groups is 1. The molecule has 0 radical (unpaired) electrons. The molecule has 6 nitrogen and oxygen atoms in total. The minimum Gasteiger partial charge on any atom is -0.339 e. The second-order valence-electron chi connectivity index (χ2n) is 7.45. The van der Waals surface area contributed by atoms with Gasteiger partial charge in [-0.3, -0.25) is 4.79 Å². The third-order valence-electron chi connectivity index (χ3n) is 5.30. The van der Waals surface area contributed by atoms with Crippen molar-refractivity contribution in [3.8, 4) is 6.07 Å². The van der Waals surface area contributed by atoms with Crippen LogP contribution in [0.2, 0.25) is 0 Å². The zero-order valence-electron chi connectivity index (χ0n) is 16.9. The number of benzene rings is 1. The smallest absolute Gasteiger partial charge is 0.226 e. The standard InChI is InChI=1S/C22H27N5O/c1-16-7-8-19(13-17(16)2)5-4-6-21(28)26-9-11-27(12-10-26)22-24-18(3)14-20(15-23)25-22/h7-8,13-14H,4-6,9-12H2,1-3H3. The predicted octanol–water partition coefficient (Wildman–Crippen LogP) is 2.95. The van der Waals surface area contributed by atoms with E-state index < -0.39 is 0 Å². The maximum atomic E-state index is 12.5. The first-order chi connectivity index (χ1) is 13.5. The minimum atomic E-state index is 0.214. The molecule has 0 saturated carbocycles. The summed E-state index contributed by atoms with van der Waals surface area (Å²) in [6, 6.07) is 10.3. The molecule has 2 aromatic rings. The van der Waals surface area contributed by atoms with Crippen molar-refractivity contribution in [1.29, 1.82) is 5.26 Å². The molecule has 1 amide bonds. The van der Waals surface area contributed by atoms with Gasteiger partial charge >= 0.3 is 0 Å². The fraction of sp³-hybridized carbons (Fsp3) is 0.455. The number of aromatic nitrogens is 2. The Balaban J connectivity index is 1.48. The zero-order valence-corrected chi connectivity index (χ0v) is 16.9. The Morgan fingerprint density at radius 2 is 1.82 bits per heavy atom. The molecule has 146 valence electrons. The van der Waals surface area contributed by atoms with Crippen molar-refractivity contribution >= 4 is 11.9 Å². The highest BCUT2D eigenvalue weighted by Gasteiger charge is 2.22. The third-order valence-corrected chi connectivity index (χ3v) is 5.30. The highest BCUT2D eigenvalue weighted by atomic mass is 16.2. The molecule has 1 saturated heterocycles. The number of amides is 1. The van der Waals surface area contributed by atoms with Crippen LogP contribution in [0.4, 0.5) is 5.95 Å². The number of hydrogen-bond donors (Lipinski definition) is 0. The summed E-state index contributed by atoms with van der Waals surface area (Å²) in [4.78, 5) is 25.2. The van der Waals surface area contributed by atoms with Crippen LogP contribution in [0.15, 0.2) is 24.3 Å². The van der Waals surface area contributed by atoms with Gasteiger partial charge in [-0.05, 0) is 56.4 Å². The van der Waals surface area contributed by atoms with Gasteiger partial charge in [0.15, 0.2) is 0 Å². The summed E-state index contributed by atoms with van der Waals surface area (Å²) in [5.74, 6) is 0.796. The Bertz CT molecular complexity index is 894. The van der Waals surface area contributed by atoms with Crippen molar-refractivity contribution in [1.82, 2.24) is 14.9 Å². The molecule has 2 heterocycles. The highest BCUT2D eigenvalue weighted by molar-refractivity contribution is 5.76. The first-order valence-corrected chi connectivity index (χ1v) is 9.81. The van der Waals surface area contributed by atoms with Crippen molar-refractivity contribution in [2.75, 3.05) is 31.1 Å². The maximum absolute atomic E-state index is 12.5. The lowest BCUT2D eigenvalue weighted by molar-refractivity contribution is -0.131. The van der Waals surface area contributed by atoms with Gasteiger partial charge in [0, 0.05) is 38.3 Å². The van der Waals surface area contributed by atoms with E-state index >= 15 is 0 Å². The van der Waals surface area contributed by atoms with Crippen LogP contribution in [0.1, 0.15) is 40.9 Å². The normalized spacial score (nSPS) is 14.1. The quantitative estimate of drug-likeness (QED) is 0.801. The molecule has 1 aliphatic rings. The predicted molar refractivity (Wildman–Crippen MR) is 109 cm³/mol. The molecule has 1 aromatic heterocycles. The van der Waals surface area contributed by atoms with Crippen LogP contribution < -0.4 is 4.90 Å². The minimum absolute atomic E-state index is 0.214. The Kier molecular flexibility index (Phi) is 6.25. The van der Waals surface area contributed by atoms with E-state index in [0.717, 1.165) is 18.5 Å². The number of nitrogens with zero attached hydrogens (tertiary/aromatic N) is 5. The van der Waals surface area contributed by atoms with Gasteiger partial charge in [0.2, 0.25) is 11.9 Å². The second kappa shape index (κ2) is 8.83. The molecule has 1 aliphatic heterocycles. The van der Waals surface area contributed by atoms with E-state index in [1.165, 1.54) is 16.7 Å². The van der Waals surface area contributed by atoms with Crippen LogP contribution in [0.3, 0.4) is 0 Å². The number of rotatable bonds is 5. The Hall–Kier alpha value is -2.94. The number of hydrogen-bond acceptors (Lipinski definition) is 5. The number of aryl methyl sites for hydroxylation is 4.